The van der Waals surface area contributed by atoms with Crippen molar-refractivity contribution in [3.8, 4) is 11.6 Å². The predicted octanol–water partition coefficient (Wildman–Crippen LogP) is 3.16. The molecule has 3 aromatic rings. The Labute approximate surface area is 271 Å². The molecule has 16 heteroatoms. The Morgan fingerprint density at radius 1 is 1.13 bits per heavy atom. The lowest BCUT2D eigenvalue weighted by Gasteiger charge is -2.32. The number of nitrogens with one attached hydrogen (secondary N) is 2. The first kappa shape index (κ1) is 34.3. The first-order valence-corrected chi connectivity index (χ1v) is 16.8. The maximum absolute atomic E-state index is 14.1. The van der Waals surface area contributed by atoms with Crippen LogP contribution in [0.25, 0.3) is 0 Å². The molecule has 0 spiro atoms. The monoisotopic (exact) mass is 677 g/mol. The molecule has 2 atom stereocenters. The SMILES string of the molecule is COc1cc(C(=O)NCCN2CCN(C)CC2)ccc1Nc1ncc(C(F)(F)F)c(O[C@@H]2Cc3ccccc3[C@H]2N(C)S(C)(=O)=O)n1. The molecule has 1 fully saturated rings. The maximum atomic E-state index is 14.1. The number of anilines is 2. The number of hydrogen-bond donors (Lipinski definition) is 2. The van der Waals surface area contributed by atoms with Crippen LogP contribution in [-0.2, 0) is 22.6 Å². The number of carbonyl (C=O) groups is 1. The number of likely N-dealkylation sites (N-methyl/N-ethyl adjacent to an activating group) is 2. The van der Waals surface area contributed by atoms with Gasteiger partial charge in [-0.1, -0.05) is 24.3 Å². The van der Waals surface area contributed by atoms with Gasteiger partial charge in [-0.2, -0.15) is 22.5 Å². The number of hydrogen-bond acceptors (Lipinski definition) is 10. The van der Waals surface area contributed by atoms with Gasteiger partial charge in [-0.15, -0.1) is 0 Å². The minimum Gasteiger partial charge on any atom is -0.495 e. The summed E-state index contributed by atoms with van der Waals surface area (Å²) in [5, 5.41) is 5.76. The van der Waals surface area contributed by atoms with Gasteiger partial charge in [0.15, 0.2) is 0 Å². The highest BCUT2D eigenvalue weighted by molar-refractivity contribution is 7.88. The molecule has 47 heavy (non-hydrogen) atoms. The summed E-state index contributed by atoms with van der Waals surface area (Å²) in [7, 11) is 1.10. The first-order chi connectivity index (χ1) is 22.2. The normalized spacial score (nSPS) is 19.0. The molecule has 2 aromatic carbocycles. The van der Waals surface area contributed by atoms with Crippen molar-refractivity contribution >= 4 is 27.6 Å². The van der Waals surface area contributed by atoms with Gasteiger partial charge in [0, 0.05) is 64.5 Å². The lowest BCUT2D eigenvalue weighted by molar-refractivity contribution is -0.140. The zero-order chi connectivity index (χ0) is 33.9. The van der Waals surface area contributed by atoms with Crippen molar-refractivity contribution in [1.82, 2.24) is 29.4 Å². The van der Waals surface area contributed by atoms with E-state index in [0.29, 0.717) is 29.6 Å². The molecule has 5 rings (SSSR count). The van der Waals surface area contributed by atoms with Crippen molar-refractivity contribution in [2.24, 2.45) is 0 Å². The molecule has 2 aliphatic rings. The second kappa shape index (κ2) is 14.0. The standard InChI is InChI=1S/C31H38F3N7O5S/c1-39-13-15-41(16-14-39)12-11-35-28(42)21-9-10-24(25(18-21)45-3)37-30-36-19-23(31(32,33)34)29(38-30)46-26-17-20-7-5-6-8-22(20)27(26)40(2)47(4,43)44/h5-10,18-19,26-27H,11-17H2,1-4H3,(H,35,42)(H,36,37,38)/t26-,27-/m1/s1. The smallest absolute Gasteiger partial charge is 0.423 e. The molecule has 0 radical (unpaired) electrons. The van der Waals surface area contributed by atoms with Crippen molar-refractivity contribution in [3.63, 3.8) is 0 Å². The third kappa shape index (κ3) is 8.12. The van der Waals surface area contributed by atoms with Crippen LogP contribution in [0.2, 0.25) is 0 Å². The number of piperazine rings is 1. The molecule has 2 heterocycles. The van der Waals surface area contributed by atoms with E-state index in [1.54, 1.807) is 36.4 Å². The topological polar surface area (TPSA) is 129 Å². The summed E-state index contributed by atoms with van der Waals surface area (Å²) >= 11 is 0. The van der Waals surface area contributed by atoms with E-state index in [0.717, 1.165) is 48.8 Å². The van der Waals surface area contributed by atoms with Gasteiger partial charge in [0.05, 0.1) is 25.1 Å². The van der Waals surface area contributed by atoms with E-state index in [-0.39, 0.29) is 24.0 Å². The van der Waals surface area contributed by atoms with Crippen LogP contribution in [0.15, 0.2) is 48.7 Å². The summed E-state index contributed by atoms with van der Waals surface area (Å²) in [4.78, 5) is 25.3. The summed E-state index contributed by atoms with van der Waals surface area (Å²) in [5.74, 6) is -1.03. The van der Waals surface area contributed by atoms with E-state index < -0.39 is 39.8 Å². The number of alkyl halides is 3. The number of methoxy groups -OCH3 is 1. The molecule has 0 bridgehead atoms. The van der Waals surface area contributed by atoms with Gasteiger partial charge in [0.2, 0.25) is 21.9 Å². The highest BCUT2D eigenvalue weighted by Crippen LogP contribution is 2.42. The van der Waals surface area contributed by atoms with Crippen LogP contribution in [0.5, 0.6) is 11.6 Å². The van der Waals surface area contributed by atoms with Gasteiger partial charge in [-0.3, -0.25) is 9.69 Å². The van der Waals surface area contributed by atoms with Crippen LogP contribution in [0.4, 0.5) is 24.8 Å². The number of fused-ring (bicyclic) bond motifs is 1. The average molecular weight is 678 g/mol. The Balaban J connectivity index is 1.34. The van der Waals surface area contributed by atoms with E-state index in [2.05, 4.69) is 37.4 Å². The molecule has 2 N–H and O–H groups in total. The van der Waals surface area contributed by atoms with Crippen LogP contribution < -0.4 is 20.1 Å². The highest BCUT2D eigenvalue weighted by atomic mass is 32.2. The third-order valence-corrected chi connectivity index (χ3v) is 9.68. The van der Waals surface area contributed by atoms with Crippen molar-refractivity contribution in [2.45, 2.75) is 24.7 Å². The van der Waals surface area contributed by atoms with Crippen LogP contribution in [-0.4, -0.2) is 111 Å². The zero-order valence-electron chi connectivity index (χ0n) is 26.5. The predicted molar refractivity (Wildman–Crippen MR) is 169 cm³/mol. The van der Waals surface area contributed by atoms with Gasteiger partial charge >= 0.3 is 6.18 Å². The maximum Gasteiger partial charge on any atom is 0.423 e. The lowest BCUT2D eigenvalue weighted by Crippen LogP contribution is -2.46. The summed E-state index contributed by atoms with van der Waals surface area (Å²) in [6, 6.07) is 10.7. The molecule has 1 saturated heterocycles. The molecule has 1 aliphatic heterocycles. The quantitative estimate of drug-likeness (QED) is 0.312. The fourth-order valence-electron chi connectivity index (χ4n) is 5.69. The fraction of sp³-hybridized carbons (Fsp3) is 0.452. The summed E-state index contributed by atoms with van der Waals surface area (Å²) in [6.07, 6.45) is -4.06. The second-order valence-electron chi connectivity index (χ2n) is 11.6. The Bertz CT molecular complexity index is 1700. The molecule has 0 unspecified atom stereocenters. The zero-order valence-corrected chi connectivity index (χ0v) is 27.4. The van der Waals surface area contributed by atoms with Crippen LogP contribution in [0.1, 0.15) is 33.1 Å². The number of benzene rings is 2. The van der Waals surface area contributed by atoms with Crippen molar-refractivity contribution in [3.05, 3.63) is 70.9 Å². The van der Waals surface area contributed by atoms with Crippen LogP contribution >= 0.6 is 0 Å². The second-order valence-corrected chi connectivity index (χ2v) is 13.7. The van der Waals surface area contributed by atoms with E-state index in [1.165, 1.54) is 20.2 Å². The minimum atomic E-state index is -4.85. The number of sulfonamides is 1. The van der Waals surface area contributed by atoms with Gasteiger partial charge in [0.25, 0.3) is 5.91 Å². The fourth-order valence-corrected chi connectivity index (χ4v) is 6.35. The molecule has 1 aromatic heterocycles. The van der Waals surface area contributed by atoms with E-state index in [4.69, 9.17) is 9.47 Å². The molecule has 1 amide bonds. The van der Waals surface area contributed by atoms with Crippen LogP contribution in [0.3, 0.4) is 0 Å². The molecule has 12 nitrogen and oxygen atoms in total. The Morgan fingerprint density at radius 2 is 1.85 bits per heavy atom. The Hall–Kier alpha value is -3.99. The van der Waals surface area contributed by atoms with Crippen molar-refractivity contribution in [1.29, 1.82) is 0 Å². The van der Waals surface area contributed by atoms with E-state index in [1.807, 2.05) is 0 Å². The summed E-state index contributed by atoms with van der Waals surface area (Å²) < 4.78 is 79.7. The van der Waals surface area contributed by atoms with E-state index >= 15 is 0 Å². The molecule has 1 aliphatic carbocycles. The van der Waals surface area contributed by atoms with Gasteiger partial charge in [-0.05, 0) is 36.4 Å². The van der Waals surface area contributed by atoms with E-state index in [9.17, 15) is 26.4 Å². The van der Waals surface area contributed by atoms with Crippen molar-refractivity contribution < 1.29 is 35.9 Å². The number of amides is 1. The molecule has 0 saturated carbocycles. The average Bonchev–Trinajstić information content (AvgIpc) is 3.38. The first-order valence-electron chi connectivity index (χ1n) is 15.0. The third-order valence-electron chi connectivity index (χ3n) is 8.40. The number of halogens is 3. The number of aromatic nitrogens is 2. The highest BCUT2D eigenvalue weighted by Gasteiger charge is 2.43. The summed E-state index contributed by atoms with van der Waals surface area (Å²) in [6.45, 7) is 5.03. The van der Waals surface area contributed by atoms with Gasteiger partial charge < -0.3 is 25.0 Å². The van der Waals surface area contributed by atoms with Crippen molar-refractivity contribution in [2.75, 3.05) is 72.0 Å². The lowest BCUT2D eigenvalue weighted by atomic mass is 10.1. The Kier molecular flexibility index (Phi) is 10.2. The van der Waals surface area contributed by atoms with Gasteiger partial charge in [0.1, 0.15) is 17.4 Å². The minimum absolute atomic E-state index is 0.164. The molecular formula is C31H38F3N7O5S. The number of rotatable bonds is 11. The molecule has 254 valence electrons. The number of nitrogens with zero attached hydrogens (tertiary/aromatic N) is 5. The van der Waals surface area contributed by atoms with Gasteiger partial charge in [-0.25, -0.2) is 13.4 Å². The number of carbonyl (C=O) groups excluding carboxylic acids is 1. The Morgan fingerprint density at radius 3 is 2.53 bits per heavy atom. The summed E-state index contributed by atoms with van der Waals surface area (Å²) in [5.41, 5.74) is 0.821. The van der Waals surface area contributed by atoms with Crippen LogP contribution in [0, 0.1) is 0 Å². The number of ether oxygens (including phenoxy) is 2. The molecular weight excluding hydrogens is 639 g/mol. The largest absolute Gasteiger partial charge is 0.495 e.